The number of pyridine rings is 1. The predicted molar refractivity (Wildman–Crippen MR) is 77.7 cm³/mol. The van der Waals surface area contributed by atoms with E-state index >= 15 is 0 Å². The van der Waals surface area contributed by atoms with E-state index in [4.69, 9.17) is 22.1 Å². The number of nitrogens with zero attached hydrogens (tertiary/aromatic N) is 1. The van der Waals surface area contributed by atoms with Crippen LogP contribution in [0.1, 0.15) is 45.9 Å². The lowest BCUT2D eigenvalue weighted by molar-refractivity contribution is 0.0621. The molecule has 2 heterocycles. The quantitative estimate of drug-likeness (QED) is 0.820. The second-order valence-corrected chi connectivity index (χ2v) is 5.68. The molecular formula is C14H23ClN2O2. The van der Waals surface area contributed by atoms with E-state index < -0.39 is 5.60 Å². The van der Waals surface area contributed by atoms with Crippen LogP contribution in [0.3, 0.4) is 0 Å². The number of aromatic nitrogens is 1. The van der Waals surface area contributed by atoms with Crippen LogP contribution in [0.4, 0.5) is 0 Å². The lowest BCUT2D eigenvalue weighted by Gasteiger charge is -2.23. The fraction of sp³-hybridized carbons (Fsp3) is 0.643. The van der Waals surface area contributed by atoms with Crippen molar-refractivity contribution in [3.8, 4) is 5.75 Å². The molecule has 3 N–H and O–H groups in total. The third kappa shape index (κ3) is 3.02. The number of nitrogens with two attached hydrogens (primary N) is 1. The summed E-state index contributed by atoms with van der Waals surface area (Å²) in [5.41, 5.74) is 5.71. The third-order valence-corrected chi connectivity index (χ3v) is 3.44. The van der Waals surface area contributed by atoms with E-state index in [9.17, 15) is 5.11 Å². The maximum atomic E-state index is 10.1. The van der Waals surface area contributed by atoms with E-state index in [0.29, 0.717) is 18.1 Å². The van der Waals surface area contributed by atoms with Crippen molar-refractivity contribution in [1.29, 1.82) is 0 Å². The van der Waals surface area contributed by atoms with Gasteiger partial charge in [-0.3, -0.25) is 0 Å². The van der Waals surface area contributed by atoms with Crippen molar-refractivity contribution >= 4 is 11.6 Å². The molecule has 1 aromatic heterocycles. The summed E-state index contributed by atoms with van der Waals surface area (Å²) in [6, 6.07) is 1.83. The number of halogens is 1. The Morgan fingerprint density at radius 2 is 2.11 bits per heavy atom. The molecule has 1 unspecified atom stereocenters. The zero-order valence-electron chi connectivity index (χ0n) is 12.2. The summed E-state index contributed by atoms with van der Waals surface area (Å²) in [6.07, 6.45) is 0. The van der Waals surface area contributed by atoms with Gasteiger partial charge in [-0.15, -0.1) is 0 Å². The second-order valence-electron chi connectivity index (χ2n) is 5.33. The minimum Gasteiger partial charge on any atom is -0.489 e. The van der Waals surface area contributed by atoms with Gasteiger partial charge in [-0.25, -0.2) is 4.98 Å². The molecule has 0 saturated carbocycles. The summed E-state index contributed by atoms with van der Waals surface area (Å²) < 4.78 is 5.54. The molecule has 0 aliphatic carbocycles. The molecule has 0 radical (unpaired) electrons. The van der Waals surface area contributed by atoms with E-state index in [2.05, 4.69) is 18.8 Å². The highest BCUT2D eigenvalue weighted by Gasteiger charge is 2.36. The van der Waals surface area contributed by atoms with Gasteiger partial charge < -0.3 is 15.6 Å². The van der Waals surface area contributed by atoms with Crippen LogP contribution in [0.2, 0.25) is 5.15 Å². The number of hydrogen-bond acceptors (Lipinski definition) is 4. The van der Waals surface area contributed by atoms with Crippen molar-refractivity contribution in [3.05, 3.63) is 22.5 Å². The first kappa shape index (κ1) is 16.2. The molecule has 1 aromatic rings. The fourth-order valence-electron chi connectivity index (χ4n) is 1.85. The average Bonchev–Trinajstić information content (AvgIpc) is 2.68. The molecule has 108 valence electrons. The van der Waals surface area contributed by atoms with E-state index in [0.717, 1.165) is 5.56 Å². The Morgan fingerprint density at radius 1 is 1.53 bits per heavy atom. The number of rotatable bonds is 2. The van der Waals surface area contributed by atoms with Gasteiger partial charge >= 0.3 is 0 Å². The number of fused-ring (bicyclic) bond motifs is 1. The van der Waals surface area contributed by atoms with Crippen LogP contribution in [-0.4, -0.2) is 23.2 Å². The SMILES string of the molecule is CC.CC1(C)COc2c1cc(C(C)(O)CN)nc2Cl. The summed E-state index contributed by atoms with van der Waals surface area (Å²) in [4.78, 5) is 4.16. The van der Waals surface area contributed by atoms with Gasteiger partial charge in [-0.2, -0.15) is 0 Å². The highest BCUT2D eigenvalue weighted by atomic mass is 35.5. The largest absolute Gasteiger partial charge is 0.489 e. The first-order valence-electron chi connectivity index (χ1n) is 6.55. The molecule has 1 atom stereocenters. The van der Waals surface area contributed by atoms with Gasteiger partial charge in [0.1, 0.15) is 5.60 Å². The Bertz CT molecular complexity index is 459. The molecular weight excluding hydrogens is 264 g/mol. The van der Waals surface area contributed by atoms with Crippen LogP contribution in [0, 0.1) is 0 Å². The van der Waals surface area contributed by atoms with E-state index in [-0.39, 0.29) is 17.1 Å². The van der Waals surface area contributed by atoms with Crippen LogP contribution in [0.15, 0.2) is 6.07 Å². The minimum atomic E-state index is -1.17. The standard InChI is InChI=1S/C12H17ClN2O2.C2H6/c1-11(2)6-17-9-7(11)4-8(15-10(9)13)12(3,16)5-14;1-2/h4,16H,5-6,14H2,1-3H3;1-2H3. The number of hydrogen-bond donors (Lipinski definition) is 2. The molecule has 4 nitrogen and oxygen atoms in total. The Morgan fingerprint density at radius 3 is 2.63 bits per heavy atom. The van der Waals surface area contributed by atoms with E-state index in [1.807, 2.05) is 19.9 Å². The van der Waals surface area contributed by atoms with Crippen molar-refractivity contribution < 1.29 is 9.84 Å². The van der Waals surface area contributed by atoms with E-state index in [1.165, 1.54) is 0 Å². The highest BCUT2D eigenvalue weighted by molar-refractivity contribution is 6.31. The molecule has 0 spiro atoms. The molecule has 0 bridgehead atoms. The van der Waals surface area contributed by atoms with Gasteiger partial charge in [0.25, 0.3) is 0 Å². The van der Waals surface area contributed by atoms with Crippen molar-refractivity contribution in [2.45, 2.75) is 45.6 Å². The van der Waals surface area contributed by atoms with Gasteiger partial charge in [0.15, 0.2) is 10.9 Å². The summed E-state index contributed by atoms with van der Waals surface area (Å²) in [5, 5.41) is 10.4. The Labute approximate surface area is 119 Å². The normalized spacial score (nSPS) is 18.7. The van der Waals surface area contributed by atoms with Gasteiger partial charge in [0.05, 0.1) is 12.3 Å². The molecule has 1 aliphatic heterocycles. The van der Waals surface area contributed by atoms with Gasteiger partial charge in [0.2, 0.25) is 0 Å². The van der Waals surface area contributed by atoms with Crippen molar-refractivity contribution in [3.63, 3.8) is 0 Å². The van der Waals surface area contributed by atoms with E-state index in [1.54, 1.807) is 6.92 Å². The molecule has 2 rings (SSSR count). The molecule has 19 heavy (non-hydrogen) atoms. The van der Waals surface area contributed by atoms with Gasteiger partial charge in [-0.05, 0) is 13.0 Å². The van der Waals surface area contributed by atoms with Crippen LogP contribution in [0.5, 0.6) is 5.75 Å². The van der Waals surface area contributed by atoms with Gasteiger partial charge in [-0.1, -0.05) is 39.3 Å². The van der Waals surface area contributed by atoms with Crippen LogP contribution >= 0.6 is 11.6 Å². The molecule has 0 saturated heterocycles. The summed E-state index contributed by atoms with van der Waals surface area (Å²) in [6.45, 7) is 10.4. The smallest absolute Gasteiger partial charge is 0.171 e. The Kier molecular flexibility index (Phi) is 4.82. The van der Waals surface area contributed by atoms with Crippen LogP contribution in [-0.2, 0) is 11.0 Å². The molecule has 0 aromatic carbocycles. The molecule has 1 aliphatic rings. The number of aliphatic hydroxyl groups is 1. The summed E-state index contributed by atoms with van der Waals surface area (Å²) in [5.74, 6) is 0.619. The fourth-order valence-corrected chi connectivity index (χ4v) is 2.10. The maximum absolute atomic E-state index is 10.1. The molecule has 0 fully saturated rings. The van der Waals surface area contributed by atoms with Crippen LogP contribution < -0.4 is 10.5 Å². The van der Waals surface area contributed by atoms with Crippen molar-refractivity contribution in [2.75, 3.05) is 13.2 Å². The second kappa shape index (κ2) is 5.65. The number of ether oxygens (including phenoxy) is 1. The molecule has 5 heteroatoms. The topological polar surface area (TPSA) is 68.4 Å². The van der Waals surface area contributed by atoms with Gasteiger partial charge in [0, 0.05) is 17.5 Å². The lowest BCUT2D eigenvalue weighted by atomic mass is 9.86. The average molecular weight is 287 g/mol. The monoisotopic (exact) mass is 286 g/mol. The van der Waals surface area contributed by atoms with Crippen molar-refractivity contribution in [1.82, 2.24) is 4.98 Å². The molecule has 0 amide bonds. The Hall–Kier alpha value is -0.840. The van der Waals surface area contributed by atoms with Crippen molar-refractivity contribution in [2.24, 2.45) is 5.73 Å². The maximum Gasteiger partial charge on any atom is 0.171 e. The first-order valence-corrected chi connectivity index (χ1v) is 6.92. The minimum absolute atomic E-state index is 0.0937. The highest BCUT2D eigenvalue weighted by Crippen LogP contribution is 2.43. The van der Waals surface area contributed by atoms with Crippen LogP contribution in [0.25, 0.3) is 0 Å². The lowest BCUT2D eigenvalue weighted by Crippen LogP contribution is -2.32. The zero-order valence-corrected chi connectivity index (χ0v) is 13.0. The predicted octanol–water partition coefficient (Wildman–Crippen LogP) is 2.60. The zero-order chi connectivity index (χ0) is 14.8. The Balaban J connectivity index is 0.000000861. The third-order valence-electron chi connectivity index (χ3n) is 3.19. The summed E-state index contributed by atoms with van der Waals surface area (Å²) in [7, 11) is 0. The first-order chi connectivity index (χ1) is 8.78. The summed E-state index contributed by atoms with van der Waals surface area (Å²) >= 11 is 6.08.